The molecule has 0 saturated carbocycles. The Bertz CT molecular complexity index is 399. The lowest BCUT2D eigenvalue weighted by Crippen LogP contribution is -2.11. The van der Waals surface area contributed by atoms with Gasteiger partial charge in [-0.25, -0.2) is 4.79 Å². The van der Waals surface area contributed by atoms with Crippen molar-refractivity contribution in [2.75, 3.05) is 7.11 Å². The fraction of sp³-hybridized carbons (Fsp3) is 0.308. The quantitative estimate of drug-likeness (QED) is 0.625. The fourth-order valence-corrected chi connectivity index (χ4v) is 1.51. The molecule has 16 heavy (non-hydrogen) atoms. The van der Waals surface area contributed by atoms with Gasteiger partial charge >= 0.3 is 5.97 Å². The van der Waals surface area contributed by atoms with Crippen LogP contribution < -0.4 is 5.73 Å². The Balaban J connectivity index is 2.89. The van der Waals surface area contributed by atoms with E-state index in [1.54, 1.807) is 18.2 Å². The molecular weight excluding hydrogens is 202 g/mol. The average molecular weight is 219 g/mol. The summed E-state index contributed by atoms with van der Waals surface area (Å²) in [7, 11) is 1.36. The second-order valence-electron chi connectivity index (χ2n) is 3.88. The molecule has 0 unspecified atom stereocenters. The van der Waals surface area contributed by atoms with E-state index in [0.717, 1.165) is 11.1 Å². The molecule has 1 rings (SSSR count). The highest BCUT2D eigenvalue weighted by atomic mass is 16.5. The molecule has 0 spiro atoms. The smallest absolute Gasteiger partial charge is 0.337 e. The molecule has 1 aromatic rings. The molecule has 3 heteroatoms. The van der Waals surface area contributed by atoms with Crippen molar-refractivity contribution < 1.29 is 9.53 Å². The molecule has 86 valence electrons. The summed E-state index contributed by atoms with van der Waals surface area (Å²) in [4.78, 5) is 11.3. The van der Waals surface area contributed by atoms with Gasteiger partial charge < -0.3 is 10.5 Å². The van der Waals surface area contributed by atoms with Crippen LogP contribution in [0.2, 0.25) is 0 Å². The van der Waals surface area contributed by atoms with Gasteiger partial charge in [0.25, 0.3) is 0 Å². The molecule has 3 nitrogen and oxygen atoms in total. The summed E-state index contributed by atoms with van der Waals surface area (Å²) in [6.45, 7) is 5.76. The normalized spacial score (nSPS) is 11.9. The van der Waals surface area contributed by atoms with Crippen LogP contribution in [-0.2, 0) is 4.74 Å². The molecule has 0 fully saturated rings. The molecule has 0 radical (unpaired) electrons. The minimum absolute atomic E-state index is 0.123. The third-order valence-electron chi connectivity index (χ3n) is 2.30. The summed E-state index contributed by atoms with van der Waals surface area (Å²) >= 11 is 0. The molecule has 1 aromatic carbocycles. The number of hydrogen-bond donors (Lipinski definition) is 1. The molecule has 0 aromatic heterocycles. The van der Waals surface area contributed by atoms with E-state index < -0.39 is 0 Å². The van der Waals surface area contributed by atoms with Gasteiger partial charge in [0.1, 0.15) is 0 Å². The summed E-state index contributed by atoms with van der Waals surface area (Å²) in [5, 5.41) is 0. The van der Waals surface area contributed by atoms with Crippen molar-refractivity contribution in [1.29, 1.82) is 0 Å². The van der Waals surface area contributed by atoms with Gasteiger partial charge in [-0.1, -0.05) is 17.7 Å². The van der Waals surface area contributed by atoms with Gasteiger partial charge in [-0.15, -0.1) is 6.58 Å². The Morgan fingerprint density at radius 2 is 2.25 bits per heavy atom. The Morgan fingerprint density at radius 1 is 1.56 bits per heavy atom. The third-order valence-corrected chi connectivity index (χ3v) is 2.30. The molecule has 0 aliphatic carbocycles. The van der Waals surface area contributed by atoms with Crippen molar-refractivity contribution in [2.24, 2.45) is 5.73 Å². The van der Waals surface area contributed by atoms with Crippen molar-refractivity contribution >= 4 is 5.97 Å². The lowest BCUT2D eigenvalue weighted by atomic mass is 9.99. The van der Waals surface area contributed by atoms with E-state index in [2.05, 4.69) is 11.3 Å². The van der Waals surface area contributed by atoms with E-state index >= 15 is 0 Å². The zero-order valence-electron chi connectivity index (χ0n) is 9.69. The highest BCUT2D eigenvalue weighted by Gasteiger charge is 2.10. The van der Waals surface area contributed by atoms with Crippen LogP contribution in [0.15, 0.2) is 36.4 Å². The minimum atomic E-state index is -0.343. The van der Waals surface area contributed by atoms with Crippen LogP contribution in [0.1, 0.15) is 35.3 Å². The molecule has 0 heterocycles. The van der Waals surface area contributed by atoms with Crippen molar-refractivity contribution in [3.63, 3.8) is 0 Å². The monoisotopic (exact) mass is 219 g/mol. The number of methoxy groups -OCH3 is 1. The van der Waals surface area contributed by atoms with E-state index in [1.807, 2.05) is 13.0 Å². The summed E-state index contributed by atoms with van der Waals surface area (Å²) < 4.78 is 4.65. The highest BCUT2D eigenvalue weighted by molar-refractivity contribution is 5.89. The summed E-state index contributed by atoms with van der Waals surface area (Å²) in [6, 6.07) is 7.06. The van der Waals surface area contributed by atoms with E-state index in [0.29, 0.717) is 12.0 Å². The molecule has 0 aliphatic heterocycles. The van der Waals surface area contributed by atoms with Crippen molar-refractivity contribution in [3.8, 4) is 0 Å². The Labute approximate surface area is 95.9 Å². The van der Waals surface area contributed by atoms with Crippen LogP contribution in [0.25, 0.3) is 0 Å². The van der Waals surface area contributed by atoms with Gasteiger partial charge in [-0.05, 0) is 31.0 Å². The summed E-state index contributed by atoms with van der Waals surface area (Å²) in [5.74, 6) is -0.343. The zero-order chi connectivity index (χ0) is 12.1. The maximum Gasteiger partial charge on any atom is 0.337 e. The first-order valence-electron chi connectivity index (χ1n) is 5.13. The highest BCUT2D eigenvalue weighted by Crippen LogP contribution is 2.18. The summed E-state index contributed by atoms with van der Waals surface area (Å²) in [6.07, 6.45) is 0.713. The van der Waals surface area contributed by atoms with Crippen LogP contribution >= 0.6 is 0 Å². The number of benzene rings is 1. The zero-order valence-corrected chi connectivity index (χ0v) is 9.69. The van der Waals surface area contributed by atoms with Gasteiger partial charge in [-0.2, -0.15) is 0 Å². The third kappa shape index (κ3) is 3.21. The van der Waals surface area contributed by atoms with Crippen LogP contribution in [0.5, 0.6) is 0 Å². The largest absolute Gasteiger partial charge is 0.465 e. The number of carbonyl (C=O) groups excluding carboxylic acids is 1. The van der Waals surface area contributed by atoms with Crippen molar-refractivity contribution in [2.45, 2.75) is 19.4 Å². The number of carbonyl (C=O) groups is 1. The second-order valence-corrected chi connectivity index (χ2v) is 3.88. The second kappa shape index (κ2) is 5.47. The first kappa shape index (κ1) is 12.5. The first-order valence-corrected chi connectivity index (χ1v) is 5.13. The SMILES string of the molecule is C=C(C)C[C@@H](N)c1cccc(C(=O)OC)c1. The van der Waals surface area contributed by atoms with Crippen molar-refractivity contribution in [3.05, 3.63) is 47.5 Å². The number of rotatable bonds is 4. The van der Waals surface area contributed by atoms with Gasteiger partial charge in [0.15, 0.2) is 0 Å². The molecular formula is C13H17NO2. The van der Waals surface area contributed by atoms with Gasteiger partial charge in [-0.3, -0.25) is 0 Å². The maximum absolute atomic E-state index is 11.3. The fourth-order valence-electron chi connectivity index (χ4n) is 1.51. The molecule has 2 N–H and O–H groups in total. The summed E-state index contributed by atoms with van der Waals surface area (Å²) in [5.41, 5.74) is 8.46. The van der Waals surface area contributed by atoms with Crippen LogP contribution in [0.3, 0.4) is 0 Å². The Kier molecular flexibility index (Phi) is 4.26. The van der Waals surface area contributed by atoms with E-state index in [1.165, 1.54) is 7.11 Å². The number of hydrogen-bond acceptors (Lipinski definition) is 3. The van der Waals surface area contributed by atoms with Gasteiger partial charge in [0.05, 0.1) is 12.7 Å². The Hall–Kier alpha value is -1.61. The first-order chi connectivity index (χ1) is 7.54. The number of nitrogens with two attached hydrogens (primary N) is 1. The van der Waals surface area contributed by atoms with Crippen molar-refractivity contribution in [1.82, 2.24) is 0 Å². The molecule has 0 bridgehead atoms. The molecule has 0 aliphatic rings. The lowest BCUT2D eigenvalue weighted by Gasteiger charge is -2.12. The standard InChI is InChI=1S/C13H17NO2/c1-9(2)7-12(14)10-5-4-6-11(8-10)13(15)16-3/h4-6,8,12H,1,7,14H2,2-3H3/t12-/m1/s1. The van der Waals surface area contributed by atoms with Crippen LogP contribution in [-0.4, -0.2) is 13.1 Å². The maximum atomic E-state index is 11.3. The van der Waals surface area contributed by atoms with Gasteiger partial charge in [0.2, 0.25) is 0 Å². The van der Waals surface area contributed by atoms with E-state index in [-0.39, 0.29) is 12.0 Å². The van der Waals surface area contributed by atoms with E-state index in [4.69, 9.17) is 5.73 Å². The minimum Gasteiger partial charge on any atom is -0.465 e. The van der Waals surface area contributed by atoms with Crippen LogP contribution in [0, 0.1) is 0 Å². The van der Waals surface area contributed by atoms with E-state index in [9.17, 15) is 4.79 Å². The predicted molar refractivity (Wildman–Crippen MR) is 64.1 cm³/mol. The predicted octanol–water partition coefficient (Wildman–Crippen LogP) is 2.44. The number of ether oxygens (including phenoxy) is 1. The molecule has 1 atom stereocenters. The molecule has 0 saturated heterocycles. The Morgan fingerprint density at radius 3 is 2.81 bits per heavy atom. The van der Waals surface area contributed by atoms with Crippen LogP contribution in [0.4, 0.5) is 0 Å². The lowest BCUT2D eigenvalue weighted by molar-refractivity contribution is 0.0600. The van der Waals surface area contributed by atoms with Gasteiger partial charge in [0, 0.05) is 6.04 Å². The number of esters is 1. The topological polar surface area (TPSA) is 52.3 Å². The average Bonchev–Trinajstić information content (AvgIpc) is 2.27. The molecule has 0 amide bonds.